The van der Waals surface area contributed by atoms with Gasteiger partial charge >= 0.3 is 0 Å². The van der Waals surface area contributed by atoms with Gasteiger partial charge in [-0.3, -0.25) is 9.59 Å². The van der Waals surface area contributed by atoms with Gasteiger partial charge in [0.05, 0.1) is 6.54 Å². The number of aliphatic imine (C=N–C) groups is 1. The van der Waals surface area contributed by atoms with Crippen molar-refractivity contribution < 1.29 is 9.59 Å². The van der Waals surface area contributed by atoms with E-state index in [9.17, 15) is 9.59 Å². The number of carbonyl (C=O) groups excluding carboxylic acids is 2. The molecule has 1 saturated carbocycles. The van der Waals surface area contributed by atoms with Crippen LogP contribution in [0, 0.1) is 0 Å². The highest BCUT2D eigenvalue weighted by Crippen LogP contribution is 2.28. The van der Waals surface area contributed by atoms with E-state index >= 15 is 0 Å². The summed E-state index contributed by atoms with van der Waals surface area (Å²) in [6, 6.07) is 0.711. The van der Waals surface area contributed by atoms with Gasteiger partial charge in [-0.25, -0.2) is 4.99 Å². The SMILES string of the molecule is CCC(C)NC(=NCC(=O)N(C)C)N1CCN(C2CC2)C(=O)C1.I. The summed E-state index contributed by atoms with van der Waals surface area (Å²) in [5.74, 6) is 0.783. The molecule has 0 radical (unpaired) electrons. The zero-order valence-electron chi connectivity index (χ0n) is 15.1. The minimum Gasteiger partial charge on any atom is -0.354 e. The maximum atomic E-state index is 12.3. The van der Waals surface area contributed by atoms with Crippen LogP contribution in [0.1, 0.15) is 33.1 Å². The summed E-state index contributed by atoms with van der Waals surface area (Å²) in [6.45, 7) is 6.12. The normalized spacial score (nSPS) is 19.7. The average Bonchev–Trinajstić information content (AvgIpc) is 3.35. The molecule has 1 saturated heterocycles. The number of rotatable bonds is 5. The minimum absolute atomic E-state index is 0. The number of halogens is 1. The second-order valence-electron chi connectivity index (χ2n) is 6.62. The molecule has 138 valence electrons. The monoisotopic (exact) mass is 451 g/mol. The quantitative estimate of drug-likeness (QED) is 0.381. The van der Waals surface area contributed by atoms with Crippen molar-refractivity contribution in [3.63, 3.8) is 0 Å². The Bertz CT molecular complexity index is 479. The number of piperazine rings is 1. The van der Waals surface area contributed by atoms with Crippen molar-refractivity contribution in [1.29, 1.82) is 0 Å². The summed E-state index contributed by atoms with van der Waals surface area (Å²) in [4.78, 5) is 34.0. The fourth-order valence-electron chi connectivity index (χ4n) is 2.48. The zero-order valence-corrected chi connectivity index (χ0v) is 17.4. The number of guanidine groups is 1. The van der Waals surface area contributed by atoms with Crippen molar-refractivity contribution in [2.45, 2.75) is 45.2 Å². The Hall–Kier alpha value is -1.06. The molecule has 8 heteroatoms. The second kappa shape index (κ2) is 9.43. The molecular weight excluding hydrogens is 421 g/mol. The third-order valence-corrected chi connectivity index (χ3v) is 4.40. The highest BCUT2D eigenvalue weighted by molar-refractivity contribution is 14.0. The van der Waals surface area contributed by atoms with Crippen LogP contribution in [0.4, 0.5) is 0 Å². The summed E-state index contributed by atoms with van der Waals surface area (Å²) < 4.78 is 0. The van der Waals surface area contributed by atoms with Crippen molar-refractivity contribution in [2.24, 2.45) is 4.99 Å². The number of nitrogens with zero attached hydrogens (tertiary/aromatic N) is 4. The molecule has 1 N–H and O–H groups in total. The van der Waals surface area contributed by atoms with Gasteiger partial charge in [-0.2, -0.15) is 0 Å². The van der Waals surface area contributed by atoms with Gasteiger partial charge in [0.2, 0.25) is 11.8 Å². The number of amides is 2. The zero-order chi connectivity index (χ0) is 17.0. The van der Waals surface area contributed by atoms with Crippen LogP contribution in [0.15, 0.2) is 4.99 Å². The first-order valence-electron chi connectivity index (χ1n) is 8.48. The van der Waals surface area contributed by atoms with Gasteiger partial charge in [0.15, 0.2) is 5.96 Å². The molecule has 0 aromatic heterocycles. The fourth-order valence-corrected chi connectivity index (χ4v) is 2.48. The van der Waals surface area contributed by atoms with Crippen molar-refractivity contribution in [3.05, 3.63) is 0 Å². The van der Waals surface area contributed by atoms with E-state index in [1.54, 1.807) is 14.1 Å². The maximum Gasteiger partial charge on any atom is 0.243 e. The summed E-state index contributed by atoms with van der Waals surface area (Å²) >= 11 is 0. The molecule has 0 spiro atoms. The molecule has 1 aliphatic carbocycles. The Morgan fingerprint density at radius 3 is 2.54 bits per heavy atom. The van der Waals surface area contributed by atoms with Gasteiger partial charge in [-0.15, -0.1) is 24.0 Å². The van der Waals surface area contributed by atoms with Crippen molar-refractivity contribution in [3.8, 4) is 0 Å². The van der Waals surface area contributed by atoms with Crippen LogP contribution in [0.5, 0.6) is 0 Å². The number of hydrogen-bond donors (Lipinski definition) is 1. The predicted octanol–water partition coefficient (Wildman–Crippen LogP) is 0.743. The number of likely N-dealkylation sites (N-methyl/N-ethyl adjacent to an activating group) is 1. The Morgan fingerprint density at radius 1 is 1.38 bits per heavy atom. The van der Waals surface area contributed by atoms with Crippen LogP contribution in [0.25, 0.3) is 0 Å². The molecule has 1 aliphatic heterocycles. The third kappa shape index (κ3) is 5.78. The Kier molecular flexibility index (Phi) is 8.24. The predicted molar refractivity (Wildman–Crippen MR) is 106 cm³/mol. The van der Waals surface area contributed by atoms with Gasteiger partial charge in [0, 0.05) is 39.3 Å². The summed E-state index contributed by atoms with van der Waals surface area (Å²) in [7, 11) is 3.44. The number of nitrogens with one attached hydrogen (secondary N) is 1. The fraction of sp³-hybridized carbons (Fsp3) is 0.812. The van der Waals surface area contributed by atoms with E-state index in [1.807, 2.05) is 9.80 Å². The lowest BCUT2D eigenvalue weighted by Crippen LogP contribution is -2.56. The first kappa shape index (κ1) is 21.0. The van der Waals surface area contributed by atoms with E-state index in [4.69, 9.17) is 0 Å². The second-order valence-corrected chi connectivity index (χ2v) is 6.62. The molecule has 1 heterocycles. The molecule has 1 unspecified atom stereocenters. The van der Waals surface area contributed by atoms with Crippen LogP contribution in [0.3, 0.4) is 0 Å². The van der Waals surface area contributed by atoms with Gasteiger partial charge in [0.25, 0.3) is 0 Å². The molecule has 7 nitrogen and oxygen atoms in total. The molecule has 2 aliphatic rings. The van der Waals surface area contributed by atoms with Gasteiger partial charge in [-0.05, 0) is 26.2 Å². The van der Waals surface area contributed by atoms with E-state index in [0.29, 0.717) is 18.5 Å². The molecule has 0 aromatic rings. The highest BCUT2D eigenvalue weighted by atomic mass is 127. The first-order chi connectivity index (χ1) is 10.9. The lowest BCUT2D eigenvalue weighted by atomic mass is 10.2. The standard InChI is InChI=1S/C16H29N5O2.HI/c1-5-12(2)18-16(17-10-14(22)19(3)4)20-8-9-21(13-6-7-13)15(23)11-20;/h12-13H,5-11H2,1-4H3,(H,17,18);1H. The van der Waals surface area contributed by atoms with E-state index < -0.39 is 0 Å². The lowest BCUT2D eigenvalue weighted by molar-refractivity contribution is -0.135. The Labute approximate surface area is 161 Å². The maximum absolute atomic E-state index is 12.3. The van der Waals surface area contributed by atoms with Crippen LogP contribution in [-0.4, -0.2) is 84.8 Å². The number of hydrogen-bond acceptors (Lipinski definition) is 3. The largest absolute Gasteiger partial charge is 0.354 e. The van der Waals surface area contributed by atoms with Crippen LogP contribution < -0.4 is 5.32 Å². The number of carbonyl (C=O) groups is 2. The molecule has 2 rings (SSSR count). The van der Waals surface area contributed by atoms with E-state index in [0.717, 1.165) is 32.4 Å². The third-order valence-electron chi connectivity index (χ3n) is 4.40. The Balaban J connectivity index is 0.00000288. The molecule has 0 bridgehead atoms. The molecule has 1 atom stereocenters. The van der Waals surface area contributed by atoms with E-state index in [1.165, 1.54) is 4.90 Å². The topological polar surface area (TPSA) is 68.2 Å². The van der Waals surface area contributed by atoms with Crippen molar-refractivity contribution in [1.82, 2.24) is 20.0 Å². The smallest absolute Gasteiger partial charge is 0.243 e. The van der Waals surface area contributed by atoms with Gasteiger partial charge < -0.3 is 20.0 Å². The van der Waals surface area contributed by atoms with Gasteiger partial charge in [0.1, 0.15) is 6.54 Å². The average molecular weight is 451 g/mol. The molecule has 2 fully saturated rings. The highest BCUT2D eigenvalue weighted by Gasteiger charge is 2.36. The Morgan fingerprint density at radius 2 is 2.04 bits per heavy atom. The van der Waals surface area contributed by atoms with Crippen molar-refractivity contribution in [2.75, 3.05) is 40.3 Å². The van der Waals surface area contributed by atoms with E-state index in [2.05, 4.69) is 24.2 Å². The van der Waals surface area contributed by atoms with E-state index in [-0.39, 0.29) is 48.4 Å². The molecular formula is C16H30IN5O2. The molecule has 24 heavy (non-hydrogen) atoms. The summed E-state index contributed by atoms with van der Waals surface area (Å²) in [5.41, 5.74) is 0. The first-order valence-corrected chi connectivity index (χ1v) is 8.48. The van der Waals surface area contributed by atoms with Crippen molar-refractivity contribution >= 4 is 41.8 Å². The van der Waals surface area contributed by atoms with Crippen LogP contribution in [-0.2, 0) is 9.59 Å². The van der Waals surface area contributed by atoms with Gasteiger partial charge in [-0.1, -0.05) is 6.92 Å². The summed E-state index contributed by atoms with van der Waals surface area (Å²) in [5, 5.41) is 3.35. The van der Waals surface area contributed by atoms with Crippen LogP contribution in [0.2, 0.25) is 0 Å². The summed E-state index contributed by atoms with van der Waals surface area (Å²) in [6.07, 6.45) is 3.22. The molecule has 0 aromatic carbocycles. The molecule has 2 amide bonds. The minimum atomic E-state index is -0.0450. The van der Waals surface area contributed by atoms with Crippen LogP contribution >= 0.6 is 24.0 Å². The lowest BCUT2D eigenvalue weighted by Gasteiger charge is -2.37.